The summed E-state index contributed by atoms with van der Waals surface area (Å²) in [4.78, 5) is 13.0. The molecule has 2 aromatic rings. The monoisotopic (exact) mass is 419 g/mol. The van der Waals surface area contributed by atoms with E-state index in [2.05, 4.69) is 72.9 Å². The minimum Gasteiger partial charge on any atom is -0.352 e. The maximum Gasteiger partial charge on any atom is 0.230 e. The third-order valence-electron chi connectivity index (χ3n) is 7.97. The van der Waals surface area contributed by atoms with Crippen LogP contribution in [0.15, 0.2) is 60.7 Å². The molecule has 0 spiro atoms. The van der Waals surface area contributed by atoms with Crippen LogP contribution in [0.1, 0.15) is 61.8 Å². The summed E-state index contributed by atoms with van der Waals surface area (Å²) in [7, 11) is 0. The van der Waals surface area contributed by atoms with Crippen LogP contribution in [0, 0.1) is 23.2 Å². The molecule has 0 radical (unpaired) electrons. The molecule has 1 N–H and O–H groups in total. The van der Waals surface area contributed by atoms with Gasteiger partial charge in [-0.2, -0.15) is 0 Å². The molecule has 0 saturated heterocycles. The molecule has 1 amide bonds. The maximum atomic E-state index is 13.0. The lowest BCUT2D eigenvalue weighted by Crippen LogP contribution is -2.56. The summed E-state index contributed by atoms with van der Waals surface area (Å²) in [6.45, 7) is 2.28. The lowest BCUT2D eigenvalue weighted by atomic mass is 9.48. The van der Waals surface area contributed by atoms with E-state index in [4.69, 9.17) is 0 Å². The molecule has 2 nitrogen and oxygen atoms in total. The summed E-state index contributed by atoms with van der Waals surface area (Å²) < 4.78 is 0. The van der Waals surface area contributed by atoms with Gasteiger partial charge in [-0.05, 0) is 79.7 Å². The SMILES string of the molecule is C[C@H](NC(=O)CSC(c1ccccc1)c1ccccc1)C12CC3CC(CC(C3)C1)C2. The second-order valence-electron chi connectivity index (χ2n) is 10.1. The first-order chi connectivity index (χ1) is 14.6. The van der Waals surface area contributed by atoms with E-state index in [-0.39, 0.29) is 11.2 Å². The van der Waals surface area contributed by atoms with E-state index in [0.717, 1.165) is 17.8 Å². The van der Waals surface area contributed by atoms with Gasteiger partial charge in [0.05, 0.1) is 11.0 Å². The molecule has 0 unspecified atom stereocenters. The Morgan fingerprint density at radius 2 is 1.37 bits per heavy atom. The van der Waals surface area contributed by atoms with Crippen LogP contribution in [0.25, 0.3) is 0 Å². The molecule has 30 heavy (non-hydrogen) atoms. The average Bonchev–Trinajstić information content (AvgIpc) is 2.74. The van der Waals surface area contributed by atoms with Crippen LogP contribution in [-0.4, -0.2) is 17.7 Å². The van der Waals surface area contributed by atoms with Gasteiger partial charge in [0.2, 0.25) is 5.91 Å². The van der Waals surface area contributed by atoms with E-state index in [1.165, 1.54) is 49.7 Å². The van der Waals surface area contributed by atoms with Gasteiger partial charge in [0.15, 0.2) is 0 Å². The topological polar surface area (TPSA) is 29.1 Å². The Kier molecular flexibility index (Phi) is 5.66. The van der Waals surface area contributed by atoms with Crippen molar-refractivity contribution in [3.05, 3.63) is 71.8 Å². The Labute approximate surface area is 185 Å². The summed E-state index contributed by atoms with van der Waals surface area (Å²) in [5.41, 5.74) is 2.89. The van der Waals surface area contributed by atoms with E-state index >= 15 is 0 Å². The van der Waals surface area contributed by atoms with Gasteiger partial charge in [-0.1, -0.05) is 60.7 Å². The summed E-state index contributed by atoms with van der Waals surface area (Å²) in [5, 5.41) is 3.62. The molecule has 0 heterocycles. The standard InChI is InChI=1S/C27H33NOS/c1-19(27-15-20-12-21(16-27)14-22(13-20)17-27)28-25(29)18-30-26(23-8-4-2-5-9-23)24-10-6-3-7-11-24/h2-11,19-22,26H,12-18H2,1H3,(H,28,29)/t19-,20?,21?,22?,27?/m0/s1. The van der Waals surface area contributed by atoms with Crippen molar-refractivity contribution in [2.45, 2.75) is 56.7 Å². The number of benzene rings is 2. The van der Waals surface area contributed by atoms with E-state index in [1.807, 2.05) is 0 Å². The van der Waals surface area contributed by atoms with Crippen LogP contribution in [0.2, 0.25) is 0 Å². The molecular formula is C27H33NOS. The Bertz CT molecular complexity index is 790. The fourth-order valence-corrected chi connectivity index (χ4v) is 8.04. The summed E-state index contributed by atoms with van der Waals surface area (Å²) in [6.07, 6.45) is 8.36. The van der Waals surface area contributed by atoms with Crippen molar-refractivity contribution in [2.24, 2.45) is 23.2 Å². The van der Waals surface area contributed by atoms with Gasteiger partial charge in [-0.15, -0.1) is 11.8 Å². The van der Waals surface area contributed by atoms with Gasteiger partial charge in [0, 0.05) is 6.04 Å². The number of nitrogens with one attached hydrogen (secondary N) is 1. The minimum absolute atomic E-state index is 0.188. The molecular weight excluding hydrogens is 386 g/mol. The third-order valence-corrected chi connectivity index (χ3v) is 9.27. The van der Waals surface area contributed by atoms with Gasteiger partial charge in [0.25, 0.3) is 0 Å². The van der Waals surface area contributed by atoms with Crippen molar-refractivity contribution in [3.63, 3.8) is 0 Å². The Morgan fingerprint density at radius 3 is 1.83 bits per heavy atom. The quantitative estimate of drug-likeness (QED) is 0.576. The fourth-order valence-electron chi connectivity index (χ4n) is 6.94. The molecule has 4 fully saturated rings. The van der Waals surface area contributed by atoms with Crippen LogP contribution < -0.4 is 5.32 Å². The first kappa shape index (κ1) is 20.2. The van der Waals surface area contributed by atoms with Crippen molar-refractivity contribution in [1.29, 1.82) is 0 Å². The molecule has 158 valence electrons. The second-order valence-corrected chi connectivity index (χ2v) is 11.2. The zero-order chi connectivity index (χ0) is 20.6. The molecule has 0 aliphatic heterocycles. The zero-order valence-corrected chi connectivity index (χ0v) is 18.7. The van der Waals surface area contributed by atoms with Crippen LogP contribution in [0.4, 0.5) is 0 Å². The molecule has 4 aliphatic rings. The first-order valence-electron chi connectivity index (χ1n) is 11.6. The first-order valence-corrected chi connectivity index (χ1v) is 12.7. The molecule has 4 aliphatic carbocycles. The second kappa shape index (κ2) is 8.42. The lowest BCUT2D eigenvalue weighted by molar-refractivity contribution is -0.123. The number of thioether (sulfide) groups is 1. The largest absolute Gasteiger partial charge is 0.352 e. The molecule has 0 aromatic heterocycles. The highest BCUT2D eigenvalue weighted by molar-refractivity contribution is 8.00. The van der Waals surface area contributed by atoms with Crippen molar-refractivity contribution in [2.75, 3.05) is 5.75 Å². The van der Waals surface area contributed by atoms with Crippen LogP contribution in [0.3, 0.4) is 0 Å². The molecule has 4 bridgehead atoms. The van der Waals surface area contributed by atoms with E-state index in [1.54, 1.807) is 11.8 Å². The van der Waals surface area contributed by atoms with E-state index in [0.29, 0.717) is 17.2 Å². The highest BCUT2D eigenvalue weighted by Crippen LogP contribution is 2.61. The Hall–Kier alpha value is -1.74. The van der Waals surface area contributed by atoms with Crippen LogP contribution in [-0.2, 0) is 4.79 Å². The summed E-state index contributed by atoms with van der Waals surface area (Å²) >= 11 is 1.74. The molecule has 2 aromatic carbocycles. The van der Waals surface area contributed by atoms with E-state index in [9.17, 15) is 4.79 Å². The van der Waals surface area contributed by atoms with Crippen LogP contribution >= 0.6 is 11.8 Å². The number of amides is 1. The Morgan fingerprint density at radius 1 is 0.900 bits per heavy atom. The van der Waals surface area contributed by atoms with Crippen molar-refractivity contribution < 1.29 is 4.79 Å². The predicted octanol–water partition coefficient (Wildman–Crippen LogP) is 6.23. The number of rotatable bonds is 7. The molecule has 1 atom stereocenters. The van der Waals surface area contributed by atoms with Gasteiger partial charge < -0.3 is 5.32 Å². The van der Waals surface area contributed by atoms with Crippen molar-refractivity contribution in [1.82, 2.24) is 5.32 Å². The number of carbonyl (C=O) groups is 1. The van der Waals surface area contributed by atoms with Gasteiger partial charge in [0.1, 0.15) is 0 Å². The normalized spacial score (nSPS) is 30.4. The van der Waals surface area contributed by atoms with Crippen molar-refractivity contribution in [3.8, 4) is 0 Å². The Balaban J connectivity index is 1.24. The van der Waals surface area contributed by atoms with Gasteiger partial charge in [-0.25, -0.2) is 0 Å². The average molecular weight is 420 g/mol. The van der Waals surface area contributed by atoms with Gasteiger partial charge >= 0.3 is 0 Å². The van der Waals surface area contributed by atoms with Gasteiger partial charge in [-0.3, -0.25) is 4.79 Å². The third kappa shape index (κ3) is 4.06. The number of hydrogen-bond acceptors (Lipinski definition) is 2. The minimum atomic E-state index is 0.188. The summed E-state index contributed by atoms with van der Waals surface area (Å²) in [5.74, 6) is 3.46. The molecule has 3 heteroatoms. The lowest BCUT2D eigenvalue weighted by Gasteiger charge is -2.59. The molecule has 4 saturated carbocycles. The van der Waals surface area contributed by atoms with E-state index < -0.39 is 0 Å². The zero-order valence-electron chi connectivity index (χ0n) is 17.9. The van der Waals surface area contributed by atoms with Crippen LogP contribution in [0.5, 0.6) is 0 Å². The summed E-state index contributed by atoms with van der Waals surface area (Å²) in [6, 6.07) is 21.4. The maximum absolute atomic E-state index is 13.0. The fraction of sp³-hybridized carbons (Fsp3) is 0.519. The van der Waals surface area contributed by atoms with Crippen molar-refractivity contribution >= 4 is 17.7 Å². The highest BCUT2D eigenvalue weighted by atomic mass is 32.2. The predicted molar refractivity (Wildman–Crippen MR) is 125 cm³/mol. The molecule has 6 rings (SSSR count). The number of hydrogen-bond donors (Lipinski definition) is 1. The number of carbonyl (C=O) groups excluding carboxylic acids is 1. The highest BCUT2D eigenvalue weighted by Gasteiger charge is 2.53. The smallest absolute Gasteiger partial charge is 0.230 e.